The Hall–Kier alpha value is -6.49. The molecule has 10 rings (SSSR count). The highest BCUT2D eigenvalue weighted by Gasteiger charge is 2.27. The highest BCUT2D eigenvalue weighted by molar-refractivity contribution is 7.25. The number of rotatable bonds is 6. The highest BCUT2D eigenvalue weighted by Crippen LogP contribution is 2.46. The van der Waals surface area contributed by atoms with Crippen LogP contribution in [0, 0.1) is 0 Å². The van der Waals surface area contributed by atoms with Gasteiger partial charge in [0, 0.05) is 42.8 Å². The van der Waals surface area contributed by atoms with Crippen molar-refractivity contribution < 1.29 is 0 Å². The first-order valence-corrected chi connectivity index (χ1v) is 18.4. The van der Waals surface area contributed by atoms with Gasteiger partial charge in [-0.25, -0.2) is 15.0 Å². The van der Waals surface area contributed by atoms with Crippen LogP contribution in [0.15, 0.2) is 176 Å². The Kier molecular flexibility index (Phi) is 7.40. The van der Waals surface area contributed by atoms with Gasteiger partial charge in [0.25, 0.3) is 0 Å². The molecule has 0 radical (unpaired) electrons. The first-order chi connectivity index (χ1) is 25.7. The van der Waals surface area contributed by atoms with Crippen LogP contribution in [0.25, 0.3) is 77.1 Å². The fraction of sp³-hybridized carbons (Fsp3) is 0.0208. The van der Waals surface area contributed by atoms with Crippen molar-refractivity contribution in [1.82, 2.24) is 15.0 Å². The molecule has 0 spiro atoms. The minimum absolute atomic E-state index is 0.152. The van der Waals surface area contributed by atoms with E-state index in [1.165, 1.54) is 53.6 Å². The van der Waals surface area contributed by atoms with E-state index >= 15 is 0 Å². The van der Waals surface area contributed by atoms with E-state index in [1.54, 1.807) is 0 Å². The van der Waals surface area contributed by atoms with E-state index in [-0.39, 0.29) is 5.92 Å². The number of fused-ring (bicyclic) bond motifs is 4. The fourth-order valence-electron chi connectivity index (χ4n) is 7.46. The van der Waals surface area contributed by atoms with Crippen LogP contribution in [0.3, 0.4) is 0 Å². The second-order valence-electron chi connectivity index (χ2n) is 13.2. The third-order valence-electron chi connectivity index (χ3n) is 10.1. The molecule has 7 aromatic carbocycles. The van der Waals surface area contributed by atoms with Crippen LogP contribution in [0.1, 0.15) is 28.2 Å². The zero-order valence-corrected chi connectivity index (χ0v) is 29.0. The maximum atomic E-state index is 5.06. The zero-order valence-electron chi connectivity index (χ0n) is 28.1. The molecule has 1 aliphatic carbocycles. The molecule has 9 aromatic rings. The summed E-state index contributed by atoms with van der Waals surface area (Å²) in [4.78, 5) is 15.1. The molecule has 0 fully saturated rings. The summed E-state index contributed by atoms with van der Waals surface area (Å²) in [6, 6.07) is 62.3. The first kappa shape index (κ1) is 30.3. The largest absolute Gasteiger partial charge is 0.208 e. The summed E-state index contributed by atoms with van der Waals surface area (Å²) in [5.41, 5.74) is 11.6. The van der Waals surface area contributed by atoms with E-state index in [2.05, 4.69) is 152 Å². The summed E-state index contributed by atoms with van der Waals surface area (Å²) in [6.07, 6.45) is 2.33. The number of aromatic nitrogens is 3. The molecular weight excluding hydrogens is 651 g/mol. The summed E-state index contributed by atoms with van der Waals surface area (Å²) >= 11 is 1.84. The number of hydrogen-bond acceptors (Lipinski definition) is 4. The molecule has 52 heavy (non-hydrogen) atoms. The molecule has 0 bridgehead atoms. The van der Waals surface area contributed by atoms with Crippen LogP contribution < -0.4 is 0 Å². The van der Waals surface area contributed by atoms with Gasteiger partial charge in [-0.05, 0) is 63.2 Å². The van der Waals surface area contributed by atoms with Crippen LogP contribution in [-0.2, 0) is 0 Å². The van der Waals surface area contributed by atoms with Crippen molar-refractivity contribution >= 4 is 43.2 Å². The Morgan fingerprint density at radius 1 is 0.385 bits per heavy atom. The molecule has 2 aromatic heterocycles. The lowest BCUT2D eigenvalue weighted by Crippen LogP contribution is -2.02. The Balaban J connectivity index is 1.01. The van der Waals surface area contributed by atoms with Crippen molar-refractivity contribution in [1.29, 1.82) is 0 Å². The minimum atomic E-state index is 0.152. The van der Waals surface area contributed by atoms with Gasteiger partial charge >= 0.3 is 0 Å². The molecular formula is C48H31N3S. The van der Waals surface area contributed by atoms with Crippen LogP contribution in [0.2, 0.25) is 0 Å². The molecule has 0 aliphatic heterocycles. The number of benzene rings is 7. The summed E-state index contributed by atoms with van der Waals surface area (Å²) in [5, 5.41) is 2.61. The third kappa shape index (κ3) is 5.41. The topological polar surface area (TPSA) is 38.7 Å². The van der Waals surface area contributed by atoms with Crippen LogP contribution in [0.5, 0.6) is 0 Å². The van der Waals surface area contributed by atoms with Gasteiger partial charge in [0.05, 0.1) is 0 Å². The lowest BCUT2D eigenvalue weighted by Gasteiger charge is -2.18. The second kappa shape index (κ2) is 12.7. The monoisotopic (exact) mass is 681 g/mol. The Bertz CT molecular complexity index is 2770. The molecule has 0 saturated heterocycles. The van der Waals surface area contributed by atoms with E-state index in [4.69, 9.17) is 15.0 Å². The highest BCUT2D eigenvalue weighted by atomic mass is 32.1. The Morgan fingerprint density at radius 3 is 1.62 bits per heavy atom. The van der Waals surface area contributed by atoms with Crippen molar-refractivity contribution in [2.75, 3.05) is 0 Å². The molecule has 0 N–H and O–H groups in total. The summed E-state index contributed by atoms with van der Waals surface area (Å²) in [5.74, 6) is 2.11. The number of nitrogens with zero attached hydrogens (tertiary/aromatic N) is 3. The van der Waals surface area contributed by atoms with E-state index in [0.717, 1.165) is 22.3 Å². The molecule has 0 amide bonds. The van der Waals surface area contributed by atoms with Gasteiger partial charge in [-0.2, -0.15) is 0 Å². The number of hydrogen-bond donors (Lipinski definition) is 0. The Morgan fingerprint density at radius 2 is 0.904 bits per heavy atom. The second-order valence-corrected chi connectivity index (χ2v) is 14.3. The van der Waals surface area contributed by atoms with Crippen molar-refractivity contribution in [3.63, 3.8) is 0 Å². The molecule has 4 heteroatoms. The predicted octanol–water partition coefficient (Wildman–Crippen LogP) is 12.6. The average molecular weight is 682 g/mol. The van der Waals surface area contributed by atoms with Gasteiger partial charge in [-0.15, -0.1) is 11.3 Å². The van der Waals surface area contributed by atoms with Crippen molar-refractivity contribution in [2.24, 2.45) is 0 Å². The standard InChI is InChI=1S/C48H31N3S/c1-3-11-32(12-4-1)41-30-38-15-7-8-16-39(38)45(41)33-21-25-36(26-22-33)48-50-46(34-13-5-2-6-14-34)49-47(51-48)35-23-19-31(20-24-35)37-27-28-44-42(29-37)40-17-9-10-18-43(40)52-44/h1-30,45H. The van der Waals surface area contributed by atoms with Crippen molar-refractivity contribution in [3.8, 4) is 45.3 Å². The maximum absolute atomic E-state index is 5.06. The van der Waals surface area contributed by atoms with Gasteiger partial charge in [0.1, 0.15) is 0 Å². The van der Waals surface area contributed by atoms with E-state index in [1.807, 2.05) is 41.7 Å². The van der Waals surface area contributed by atoms with Crippen molar-refractivity contribution in [2.45, 2.75) is 5.92 Å². The lowest BCUT2D eigenvalue weighted by atomic mass is 9.85. The van der Waals surface area contributed by atoms with E-state index in [0.29, 0.717) is 17.5 Å². The minimum Gasteiger partial charge on any atom is -0.208 e. The fourth-order valence-corrected chi connectivity index (χ4v) is 8.54. The van der Waals surface area contributed by atoms with Gasteiger partial charge in [0.2, 0.25) is 0 Å². The molecule has 1 unspecified atom stereocenters. The van der Waals surface area contributed by atoms with Crippen LogP contribution in [0.4, 0.5) is 0 Å². The Labute approximate surface area is 306 Å². The predicted molar refractivity (Wildman–Crippen MR) is 217 cm³/mol. The summed E-state index contributed by atoms with van der Waals surface area (Å²) in [6.45, 7) is 0. The van der Waals surface area contributed by atoms with Crippen LogP contribution >= 0.6 is 11.3 Å². The van der Waals surface area contributed by atoms with Crippen molar-refractivity contribution in [3.05, 3.63) is 198 Å². The third-order valence-corrected chi connectivity index (χ3v) is 11.2. The average Bonchev–Trinajstić information content (AvgIpc) is 3.80. The smallest absolute Gasteiger partial charge is 0.164 e. The van der Waals surface area contributed by atoms with Gasteiger partial charge in [-0.3, -0.25) is 0 Å². The molecule has 2 heterocycles. The summed E-state index contributed by atoms with van der Waals surface area (Å²) < 4.78 is 2.62. The van der Waals surface area contributed by atoms with Gasteiger partial charge < -0.3 is 0 Å². The quantitative estimate of drug-likeness (QED) is 0.175. The van der Waals surface area contributed by atoms with Gasteiger partial charge in [-0.1, -0.05) is 158 Å². The maximum Gasteiger partial charge on any atom is 0.164 e. The molecule has 244 valence electrons. The molecule has 1 atom stereocenters. The zero-order chi connectivity index (χ0) is 34.4. The van der Waals surface area contributed by atoms with E-state index in [9.17, 15) is 0 Å². The SMILES string of the molecule is C1=C(c2ccccc2)C(c2ccc(-c3nc(-c4ccccc4)nc(-c4ccc(-c5ccc6sc7ccccc7c6c5)cc4)n3)cc2)c2ccccc21. The first-order valence-electron chi connectivity index (χ1n) is 17.6. The van der Waals surface area contributed by atoms with Crippen LogP contribution in [-0.4, -0.2) is 15.0 Å². The normalized spacial score (nSPS) is 13.7. The van der Waals surface area contributed by atoms with E-state index < -0.39 is 0 Å². The molecule has 0 saturated carbocycles. The summed E-state index contributed by atoms with van der Waals surface area (Å²) in [7, 11) is 0. The molecule has 1 aliphatic rings. The number of thiophene rings is 1. The van der Waals surface area contributed by atoms with Gasteiger partial charge in [0.15, 0.2) is 17.5 Å². The lowest BCUT2D eigenvalue weighted by molar-refractivity contribution is 1.06. The number of allylic oxidation sites excluding steroid dienone is 1. The molecule has 3 nitrogen and oxygen atoms in total.